The van der Waals surface area contributed by atoms with Crippen molar-refractivity contribution in [2.24, 2.45) is 5.73 Å². The van der Waals surface area contributed by atoms with Crippen molar-refractivity contribution in [3.8, 4) is 5.75 Å². The second-order valence-electron chi connectivity index (χ2n) is 4.22. The Morgan fingerprint density at radius 1 is 1.52 bits per heavy atom. The van der Waals surface area contributed by atoms with E-state index in [9.17, 15) is 8.42 Å². The maximum Gasteiger partial charge on any atom is 0.278 e. The Labute approximate surface area is 127 Å². The molecule has 0 aliphatic carbocycles. The maximum atomic E-state index is 12.1. The molecule has 0 saturated heterocycles. The van der Waals surface area contributed by atoms with Crippen LogP contribution in [0.3, 0.4) is 0 Å². The number of aromatic nitrogens is 2. The highest BCUT2D eigenvalue weighted by Gasteiger charge is 2.16. The minimum Gasteiger partial charge on any atom is -0.486 e. The smallest absolute Gasteiger partial charge is 0.278 e. The molecule has 0 aliphatic heterocycles. The molecule has 1 aromatic heterocycles. The van der Waals surface area contributed by atoms with Gasteiger partial charge in [-0.25, -0.2) is 4.98 Å². The number of sulfonamides is 1. The van der Waals surface area contributed by atoms with Crippen LogP contribution in [-0.2, 0) is 10.0 Å². The summed E-state index contributed by atoms with van der Waals surface area (Å²) >= 11 is 4.71. The van der Waals surface area contributed by atoms with E-state index in [1.54, 1.807) is 31.2 Å². The lowest BCUT2D eigenvalue weighted by Gasteiger charge is -2.09. The molecule has 112 valence electrons. The van der Waals surface area contributed by atoms with Crippen LogP contribution in [0, 0.1) is 6.92 Å². The second-order valence-corrected chi connectivity index (χ2v) is 6.40. The third-order valence-corrected chi connectivity index (χ3v) is 3.85. The number of hydrogen-bond donors (Lipinski definition) is 3. The van der Waals surface area contributed by atoms with Gasteiger partial charge in [0, 0.05) is 6.07 Å². The van der Waals surface area contributed by atoms with E-state index < -0.39 is 10.0 Å². The van der Waals surface area contributed by atoms with Gasteiger partial charge in [-0.3, -0.25) is 4.72 Å². The molecular formula is C12H14N4O3S2. The summed E-state index contributed by atoms with van der Waals surface area (Å²) in [4.78, 5) is 6.74. The summed E-state index contributed by atoms with van der Waals surface area (Å²) < 4.78 is 32.0. The summed E-state index contributed by atoms with van der Waals surface area (Å²) in [6, 6.07) is 6.48. The Morgan fingerprint density at radius 2 is 2.29 bits per heavy atom. The quantitative estimate of drug-likeness (QED) is 0.688. The van der Waals surface area contributed by atoms with Crippen LogP contribution in [0.15, 0.2) is 35.5 Å². The Kier molecular flexibility index (Phi) is 4.43. The van der Waals surface area contributed by atoms with Gasteiger partial charge < -0.3 is 15.5 Å². The molecule has 0 unspecified atom stereocenters. The third-order valence-electron chi connectivity index (χ3n) is 2.44. The maximum absolute atomic E-state index is 12.1. The van der Waals surface area contributed by atoms with E-state index in [4.69, 9.17) is 22.7 Å². The van der Waals surface area contributed by atoms with Crippen molar-refractivity contribution in [2.75, 3.05) is 11.3 Å². The monoisotopic (exact) mass is 326 g/mol. The van der Waals surface area contributed by atoms with Gasteiger partial charge in [0.25, 0.3) is 10.0 Å². The standard InChI is InChI=1S/C12H14N4O3S2/c1-8-14-6-12(15-8)21(17,18)16-9-3-2-4-10(5-9)19-7-11(13)20/h2-6,16H,7H2,1H3,(H2,13,20)(H,14,15). The summed E-state index contributed by atoms with van der Waals surface area (Å²) in [5.74, 6) is 0.979. The number of nitrogens with two attached hydrogens (primary N) is 1. The molecule has 0 atom stereocenters. The van der Waals surface area contributed by atoms with Crippen molar-refractivity contribution < 1.29 is 13.2 Å². The number of aromatic amines is 1. The van der Waals surface area contributed by atoms with E-state index in [0.29, 0.717) is 17.3 Å². The lowest BCUT2D eigenvalue weighted by Crippen LogP contribution is -2.18. The van der Waals surface area contributed by atoms with Gasteiger partial charge in [-0.1, -0.05) is 18.3 Å². The largest absolute Gasteiger partial charge is 0.486 e. The van der Waals surface area contributed by atoms with Gasteiger partial charge in [-0.2, -0.15) is 8.42 Å². The second kappa shape index (κ2) is 6.10. The topological polar surface area (TPSA) is 110 Å². The molecule has 2 aromatic rings. The highest BCUT2D eigenvalue weighted by Crippen LogP contribution is 2.20. The number of imidazole rings is 1. The molecule has 0 saturated carbocycles. The number of thiocarbonyl (C=S) groups is 1. The van der Waals surface area contributed by atoms with Crippen LogP contribution in [0.1, 0.15) is 5.82 Å². The first-order valence-electron chi connectivity index (χ1n) is 5.92. The Bertz CT molecular complexity index is 755. The van der Waals surface area contributed by atoms with E-state index >= 15 is 0 Å². The first-order valence-corrected chi connectivity index (χ1v) is 7.81. The van der Waals surface area contributed by atoms with Crippen molar-refractivity contribution in [3.05, 3.63) is 36.3 Å². The Hall–Kier alpha value is -2.13. The SMILES string of the molecule is Cc1ncc(S(=O)(=O)Nc2cccc(OCC(N)=S)c2)[nH]1. The number of ether oxygens (including phenoxy) is 1. The molecule has 2 rings (SSSR count). The molecule has 1 heterocycles. The number of nitrogens with one attached hydrogen (secondary N) is 2. The molecule has 0 fully saturated rings. The van der Waals surface area contributed by atoms with E-state index in [2.05, 4.69) is 14.7 Å². The van der Waals surface area contributed by atoms with Crippen molar-refractivity contribution in [2.45, 2.75) is 11.9 Å². The number of benzene rings is 1. The van der Waals surface area contributed by atoms with Crippen LogP contribution < -0.4 is 15.2 Å². The summed E-state index contributed by atoms with van der Waals surface area (Å²) in [6.45, 7) is 1.76. The lowest BCUT2D eigenvalue weighted by molar-refractivity contribution is 0.378. The van der Waals surface area contributed by atoms with Gasteiger partial charge in [0.05, 0.1) is 11.9 Å². The van der Waals surface area contributed by atoms with Gasteiger partial charge in [0.2, 0.25) is 0 Å². The highest BCUT2D eigenvalue weighted by molar-refractivity contribution is 7.92. The molecule has 9 heteroatoms. The molecule has 0 aliphatic rings. The fraction of sp³-hybridized carbons (Fsp3) is 0.167. The fourth-order valence-corrected chi connectivity index (χ4v) is 2.63. The van der Waals surface area contributed by atoms with Crippen LogP contribution in [0.2, 0.25) is 0 Å². The number of anilines is 1. The summed E-state index contributed by atoms with van der Waals surface area (Å²) in [6.07, 6.45) is 1.25. The molecule has 21 heavy (non-hydrogen) atoms. The third kappa shape index (κ3) is 4.17. The number of aryl methyl sites for hydroxylation is 1. The molecular weight excluding hydrogens is 312 g/mol. The van der Waals surface area contributed by atoms with Crippen LogP contribution >= 0.6 is 12.2 Å². The predicted octanol–water partition coefficient (Wildman–Crippen LogP) is 1.18. The zero-order chi connectivity index (χ0) is 15.5. The molecule has 0 bridgehead atoms. The average molecular weight is 326 g/mol. The summed E-state index contributed by atoms with van der Waals surface area (Å²) in [5, 5.41) is -0.00513. The van der Waals surface area contributed by atoms with Gasteiger partial charge >= 0.3 is 0 Å². The van der Waals surface area contributed by atoms with Crippen molar-refractivity contribution >= 4 is 32.9 Å². The lowest BCUT2D eigenvalue weighted by atomic mass is 10.3. The summed E-state index contributed by atoms with van der Waals surface area (Å²) in [7, 11) is -3.71. The molecule has 0 radical (unpaired) electrons. The van der Waals surface area contributed by atoms with Gasteiger partial charge in [-0.05, 0) is 19.1 Å². The van der Waals surface area contributed by atoms with E-state index in [-0.39, 0.29) is 16.6 Å². The van der Waals surface area contributed by atoms with Gasteiger partial charge in [0.15, 0.2) is 5.03 Å². The van der Waals surface area contributed by atoms with Crippen LogP contribution in [-0.4, -0.2) is 30.0 Å². The number of H-pyrrole nitrogens is 1. The van der Waals surface area contributed by atoms with E-state index in [0.717, 1.165) is 0 Å². The van der Waals surface area contributed by atoms with E-state index in [1.165, 1.54) is 6.20 Å². The number of hydrogen-bond acceptors (Lipinski definition) is 5. The minimum absolute atomic E-state index is 0.00513. The first kappa shape index (κ1) is 15.3. The number of nitrogens with zero attached hydrogens (tertiary/aromatic N) is 1. The van der Waals surface area contributed by atoms with E-state index in [1.807, 2.05) is 0 Å². The number of rotatable bonds is 6. The zero-order valence-electron chi connectivity index (χ0n) is 11.2. The Morgan fingerprint density at radius 3 is 2.90 bits per heavy atom. The average Bonchev–Trinajstić information content (AvgIpc) is 2.84. The highest BCUT2D eigenvalue weighted by atomic mass is 32.2. The zero-order valence-corrected chi connectivity index (χ0v) is 12.8. The molecule has 0 amide bonds. The fourth-order valence-electron chi connectivity index (χ4n) is 1.55. The van der Waals surface area contributed by atoms with Crippen molar-refractivity contribution in [3.63, 3.8) is 0 Å². The van der Waals surface area contributed by atoms with Crippen LogP contribution in [0.25, 0.3) is 0 Å². The molecule has 4 N–H and O–H groups in total. The summed E-state index contributed by atoms with van der Waals surface area (Å²) in [5.41, 5.74) is 5.71. The predicted molar refractivity (Wildman–Crippen MR) is 82.9 cm³/mol. The van der Waals surface area contributed by atoms with Crippen molar-refractivity contribution in [1.82, 2.24) is 9.97 Å². The molecule has 1 aromatic carbocycles. The van der Waals surface area contributed by atoms with Gasteiger partial charge in [0.1, 0.15) is 23.2 Å². The first-order chi connectivity index (χ1) is 9.87. The Balaban J connectivity index is 2.16. The van der Waals surface area contributed by atoms with Crippen molar-refractivity contribution in [1.29, 1.82) is 0 Å². The van der Waals surface area contributed by atoms with Gasteiger partial charge in [-0.15, -0.1) is 0 Å². The molecule has 0 spiro atoms. The minimum atomic E-state index is -3.71. The van der Waals surface area contributed by atoms with Crippen LogP contribution in [0.5, 0.6) is 5.75 Å². The normalized spacial score (nSPS) is 11.1. The molecule has 7 nitrogen and oxygen atoms in total. The van der Waals surface area contributed by atoms with Crippen LogP contribution in [0.4, 0.5) is 5.69 Å².